The van der Waals surface area contributed by atoms with Gasteiger partial charge in [0.2, 0.25) is 5.88 Å². The molecule has 0 fully saturated rings. The number of methoxy groups -OCH3 is 1. The topological polar surface area (TPSA) is 112 Å². The summed E-state index contributed by atoms with van der Waals surface area (Å²) < 4.78 is 18.6. The highest BCUT2D eigenvalue weighted by atomic mass is 35.5. The van der Waals surface area contributed by atoms with E-state index in [2.05, 4.69) is 10.1 Å². The number of hydrogen-bond donors (Lipinski definition) is 1. The number of hydrogen-bond acceptors (Lipinski definition) is 8. The molecule has 1 aliphatic rings. The fraction of sp³-hybridized carbons (Fsp3) is 0.0714. The van der Waals surface area contributed by atoms with Gasteiger partial charge in [0.1, 0.15) is 11.9 Å². The molecule has 0 spiro atoms. The number of rotatable bonds is 3. The molecule has 4 heterocycles. The Morgan fingerprint density at radius 2 is 1.87 bits per heavy atom. The van der Waals surface area contributed by atoms with Crippen molar-refractivity contribution in [1.29, 1.82) is 0 Å². The molecule has 0 saturated carbocycles. The van der Waals surface area contributed by atoms with Crippen molar-refractivity contribution in [2.75, 3.05) is 7.11 Å². The summed E-state index contributed by atoms with van der Waals surface area (Å²) in [6.07, 6.45) is 1.48. The molecule has 1 N–H and O–H groups in total. The van der Waals surface area contributed by atoms with Gasteiger partial charge in [0.25, 0.3) is 0 Å². The van der Waals surface area contributed by atoms with Crippen LogP contribution in [0.2, 0.25) is 10.0 Å². The van der Waals surface area contributed by atoms with Crippen molar-refractivity contribution >= 4 is 39.8 Å². The number of nitrogens with zero attached hydrogens (tertiary/aromatic N) is 4. The third-order valence-corrected chi connectivity index (χ3v) is 7.41. The lowest BCUT2D eigenvalue weighted by Gasteiger charge is -2.27. The number of phenols is 1. The minimum Gasteiger partial charge on any atom is -0.504 e. The average Bonchev–Trinajstić information content (AvgIpc) is 3.38. The van der Waals surface area contributed by atoms with Crippen LogP contribution in [0.1, 0.15) is 22.6 Å². The number of aromatic nitrogens is 4. The van der Waals surface area contributed by atoms with Crippen molar-refractivity contribution < 1.29 is 19.0 Å². The highest BCUT2D eigenvalue weighted by Gasteiger charge is 2.37. The van der Waals surface area contributed by atoms with Crippen LogP contribution in [0.15, 0.2) is 76.2 Å². The Morgan fingerprint density at radius 3 is 2.67 bits per heavy atom. The summed E-state index contributed by atoms with van der Waals surface area (Å²) in [6.45, 7) is 0. The number of benzene rings is 3. The minimum absolute atomic E-state index is 0.0514. The highest BCUT2D eigenvalue weighted by Crippen LogP contribution is 2.49. The summed E-state index contributed by atoms with van der Waals surface area (Å²) in [5, 5.41) is 16.2. The van der Waals surface area contributed by atoms with Crippen molar-refractivity contribution in [3.05, 3.63) is 104 Å². The molecule has 11 heteroatoms. The molecule has 39 heavy (non-hydrogen) atoms. The van der Waals surface area contributed by atoms with Crippen LogP contribution in [0.3, 0.4) is 0 Å². The Labute approximate surface area is 229 Å². The fourth-order valence-corrected chi connectivity index (χ4v) is 5.21. The van der Waals surface area contributed by atoms with Crippen molar-refractivity contribution in [2.45, 2.75) is 5.92 Å². The van der Waals surface area contributed by atoms with E-state index in [0.717, 1.165) is 0 Å². The van der Waals surface area contributed by atoms with E-state index in [1.807, 2.05) is 12.1 Å². The normalized spacial score (nSPS) is 14.2. The fourth-order valence-electron chi connectivity index (χ4n) is 4.91. The number of halogens is 2. The largest absolute Gasteiger partial charge is 0.504 e. The number of aromatic hydroxyl groups is 1. The maximum Gasteiger partial charge on any atom is 0.344 e. The van der Waals surface area contributed by atoms with Crippen LogP contribution in [0, 0.1) is 0 Å². The van der Waals surface area contributed by atoms with Gasteiger partial charge in [-0.2, -0.15) is 0 Å². The summed E-state index contributed by atoms with van der Waals surface area (Å²) in [5.74, 6) is 0.499. The molecule has 0 bridgehead atoms. The zero-order valence-electron chi connectivity index (χ0n) is 20.1. The monoisotopic (exact) mass is 558 g/mol. The van der Waals surface area contributed by atoms with Gasteiger partial charge in [-0.1, -0.05) is 41.4 Å². The lowest BCUT2D eigenvalue weighted by molar-refractivity contribution is 0.373. The summed E-state index contributed by atoms with van der Waals surface area (Å²) >= 11 is 12.6. The van der Waals surface area contributed by atoms with Gasteiger partial charge in [0, 0.05) is 5.56 Å². The minimum atomic E-state index is -0.711. The smallest absolute Gasteiger partial charge is 0.344 e. The lowest BCUT2D eigenvalue weighted by atomic mass is 9.84. The maximum absolute atomic E-state index is 13.5. The molecule has 1 aliphatic heterocycles. The Hall–Kier alpha value is -4.60. The van der Waals surface area contributed by atoms with Gasteiger partial charge >= 0.3 is 5.63 Å². The van der Waals surface area contributed by atoms with Gasteiger partial charge in [0.05, 0.1) is 39.6 Å². The van der Waals surface area contributed by atoms with Crippen LogP contribution >= 0.6 is 23.2 Å². The summed E-state index contributed by atoms with van der Waals surface area (Å²) in [5.41, 5.74) is 2.23. The molecular formula is C28H16Cl2N4O5. The highest BCUT2D eigenvalue weighted by molar-refractivity contribution is 6.42. The Balaban J connectivity index is 1.52. The first kappa shape index (κ1) is 23.5. The zero-order valence-corrected chi connectivity index (χ0v) is 21.6. The predicted octanol–water partition coefficient (Wildman–Crippen LogP) is 6.20. The Morgan fingerprint density at radius 1 is 1.03 bits per heavy atom. The van der Waals surface area contributed by atoms with Crippen LogP contribution in [0.5, 0.6) is 23.1 Å². The van der Waals surface area contributed by atoms with Gasteiger partial charge in [-0.3, -0.25) is 0 Å². The van der Waals surface area contributed by atoms with E-state index in [-0.39, 0.29) is 17.2 Å². The van der Waals surface area contributed by atoms with E-state index in [4.69, 9.17) is 42.1 Å². The van der Waals surface area contributed by atoms with E-state index < -0.39 is 11.5 Å². The van der Waals surface area contributed by atoms with E-state index in [1.54, 1.807) is 42.5 Å². The molecule has 6 aromatic rings. The molecule has 1 atom stereocenters. The van der Waals surface area contributed by atoms with Crippen molar-refractivity contribution in [2.24, 2.45) is 0 Å². The van der Waals surface area contributed by atoms with Crippen molar-refractivity contribution in [3.63, 3.8) is 0 Å². The molecule has 9 nitrogen and oxygen atoms in total. The van der Waals surface area contributed by atoms with Gasteiger partial charge < -0.3 is 19.0 Å². The second-order valence-electron chi connectivity index (χ2n) is 8.89. The number of para-hydroxylation sites is 1. The molecule has 3 aromatic heterocycles. The molecule has 192 valence electrons. The average molecular weight is 559 g/mol. The van der Waals surface area contributed by atoms with Crippen LogP contribution in [-0.2, 0) is 0 Å². The van der Waals surface area contributed by atoms with Crippen LogP contribution < -0.4 is 15.1 Å². The summed E-state index contributed by atoms with van der Waals surface area (Å²) in [7, 11) is 1.47. The molecule has 7 rings (SSSR count). The number of phenolic OH excluding ortho intramolecular Hbond substituents is 1. The SMILES string of the molecule is COc1ccc(-c2nc3c4c(ncn3n2)Oc2c(c(=O)oc3ccccc23)C4c2ccc(Cl)c(Cl)c2)cc1O. The molecule has 3 aromatic carbocycles. The van der Waals surface area contributed by atoms with E-state index in [1.165, 1.54) is 24.0 Å². The predicted molar refractivity (Wildman–Crippen MR) is 144 cm³/mol. The lowest BCUT2D eigenvalue weighted by Crippen LogP contribution is -2.22. The maximum atomic E-state index is 13.5. The third-order valence-electron chi connectivity index (χ3n) is 6.68. The first-order valence-electron chi connectivity index (χ1n) is 11.7. The molecule has 1 unspecified atom stereocenters. The third kappa shape index (κ3) is 3.62. The van der Waals surface area contributed by atoms with Gasteiger partial charge in [-0.15, -0.1) is 5.10 Å². The van der Waals surface area contributed by atoms with Gasteiger partial charge in [-0.25, -0.2) is 19.3 Å². The van der Waals surface area contributed by atoms with Crippen molar-refractivity contribution in [3.8, 4) is 34.5 Å². The van der Waals surface area contributed by atoms with E-state index in [9.17, 15) is 9.90 Å². The summed E-state index contributed by atoms with van der Waals surface area (Å²) in [4.78, 5) is 22.8. The Bertz CT molecular complexity index is 2020. The van der Waals surface area contributed by atoms with E-state index >= 15 is 0 Å². The summed E-state index contributed by atoms with van der Waals surface area (Å²) in [6, 6.07) is 17.2. The van der Waals surface area contributed by atoms with Crippen molar-refractivity contribution in [1.82, 2.24) is 19.6 Å². The van der Waals surface area contributed by atoms with E-state index in [0.29, 0.717) is 60.7 Å². The second-order valence-corrected chi connectivity index (χ2v) is 9.71. The molecule has 0 saturated heterocycles. The second kappa shape index (κ2) is 8.72. The standard InChI is InChI=1S/C28H16Cl2N4O5/c1-37-20-9-7-14(11-18(20)35)25-32-26-23-21(13-6-8-16(29)17(30)10-13)22-24(39-27(23)31-12-34(26)33-25)15-4-2-3-5-19(15)38-28(22)36/h2-12,21,35H,1H3. The molecular weight excluding hydrogens is 543 g/mol. The quantitative estimate of drug-likeness (QED) is 0.255. The van der Waals surface area contributed by atoms with Crippen LogP contribution in [0.25, 0.3) is 28.0 Å². The van der Waals surface area contributed by atoms with Crippen LogP contribution in [-0.4, -0.2) is 31.8 Å². The first-order chi connectivity index (χ1) is 18.9. The zero-order chi connectivity index (χ0) is 26.8. The van der Waals surface area contributed by atoms with Gasteiger partial charge in [-0.05, 0) is 48.0 Å². The molecule has 0 amide bonds. The Kier molecular flexibility index (Phi) is 5.26. The molecule has 0 aliphatic carbocycles. The number of ether oxygens (including phenoxy) is 2. The number of fused-ring (bicyclic) bond motifs is 6. The van der Waals surface area contributed by atoms with Crippen LogP contribution in [0.4, 0.5) is 0 Å². The first-order valence-corrected chi connectivity index (χ1v) is 12.5. The molecule has 0 radical (unpaired) electrons. The van der Waals surface area contributed by atoms with Gasteiger partial charge in [0.15, 0.2) is 28.7 Å².